The first-order chi connectivity index (χ1) is 7.79. The summed E-state index contributed by atoms with van der Waals surface area (Å²) in [5, 5.41) is 12.2. The number of aryl methyl sites for hydroxylation is 1. The number of aliphatic hydroxyl groups excluding tert-OH is 1. The SMILES string of the molecule is CC.Cc1ccsc1C(O)C1CCOCC1. The van der Waals surface area contributed by atoms with Crippen LogP contribution in [0.2, 0.25) is 0 Å². The van der Waals surface area contributed by atoms with Crippen LogP contribution >= 0.6 is 11.3 Å². The molecular weight excluding hydrogens is 220 g/mol. The molecule has 0 radical (unpaired) electrons. The summed E-state index contributed by atoms with van der Waals surface area (Å²) in [5.41, 5.74) is 1.22. The Balaban J connectivity index is 0.000000606. The van der Waals surface area contributed by atoms with Gasteiger partial charge in [-0.1, -0.05) is 13.8 Å². The molecule has 0 aliphatic carbocycles. The van der Waals surface area contributed by atoms with Crippen LogP contribution in [0.1, 0.15) is 43.2 Å². The van der Waals surface area contributed by atoms with E-state index in [2.05, 4.69) is 13.0 Å². The van der Waals surface area contributed by atoms with E-state index in [1.807, 2.05) is 19.2 Å². The molecule has 1 N–H and O–H groups in total. The third-order valence-electron chi connectivity index (χ3n) is 2.88. The average molecular weight is 242 g/mol. The number of thiophene rings is 1. The maximum atomic E-state index is 10.2. The third kappa shape index (κ3) is 3.30. The van der Waals surface area contributed by atoms with E-state index < -0.39 is 0 Å². The van der Waals surface area contributed by atoms with Crippen LogP contribution in [0.5, 0.6) is 0 Å². The van der Waals surface area contributed by atoms with Gasteiger partial charge in [-0.25, -0.2) is 0 Å². The van der Waals surface area contributed by atoms with Gasteiger partial charge in [0.2, 0.25) is 0 Å². The summed E-state index contributed by atoms with van der Waals surface area (Å²) in [6.45, 7) is 7.66. The Morgan fingerprint density at radius 2 is 2.00 bits per heavy atom. The molecule has 1 fully saturated rings. The molecule has 1 atom stereocenters. The lowest BCUT2D eigenvalue weighted by Crippen LogP contribution is -2.21. The molecule has 0 aromatic carbocycles. The fourth-order valence-corrected chi connectivity index (χ4v) is 2.94. The second-order valence-corrected chi connectivity index (χ2v) is 4.81. The third-order valence-corrected chi connectivity index (χ3v) is 3.97. The molecule has 0 amide bonds. The molecule has 1 aliphatic heterocycles. The Kier molecular flexibility index (Phi) is 6.03. The number of ether oxygens (including phenoxy) is 1. The largest absolute Gasteiger partial charge is 0.387 e. The average Bonchev–Trinajstić information content (AvgIpc) is 2.78. The number of rotatable bonds is 2. The van der Waals surface area contributed by atoms with Crippen LogP contribution < -0.4 is 0 Å². The molecule has 0 spiro atoms. The maximum Gasteiger partial charge on any atom is 0.0914 e. The van der Waals surface area contributed by atoms with Crippen LogP contribution in [0, 0.1) is 12.8 Å². The van der Waals surface area contributed by atoms with Gasteiger partial charge in [-0.15, -0.1) is 11.3 Å². The standard InChI is InChI=1S/C11H16O2S.C2H6/c1-8-4-7-14-11(8)10(12)9-2-5-13-6-3-9;1-2/h4,7,9-10,12H,2-3,5-6H2,1H3;1-2H3. The van der Waals surface area contributed by atoms with E-state index in [-0.39, 0.29) is 6.10 Å². The van der Waals surface area contributed by atoms with Crippen LogP contribution in [-0.2, 0) is 4.74 Å². The van der Waals surface area contributed by atoms with Gasteiger partial charge >= 0.3 is 0 Å². The molecule has 2 rings (SSSR count). The van der Waals surface area contributed by atoms with Gasteiger partial charge in [0.05, 0.1) is 6.10 Å². The van der Waals surface area contributed by atoms with Crippen molar-refractivity contribution >= 4 is 11.3 Å². The second kappa shape index (κ2) is 7.05. The summed E-state index contributed by atoms with van der Waals surface area (Å²) in [7, 11) is 0. The predicted octanol–water partition coefficient (Wildman–Crippen LogP) is 3.54. The Morgan fingerprint density at radius 3 is 2.50 bits per heavy atom. The highest BCUT2D eigenvalue weighted by Gasteiger charge is 2.25. The molecule has 1 aromatic rings. The first kappa shape index (κ1) is 13.7. The number of hydrogen-bond donors (Lipinski definition) is 1. The van der Waals surface area contributed by atoms with Crippen molar-refractivity contribution < 1.29 is 9.84 Å². The molecule has 92 valence electrons. The first-order valence-corrected chi connectivity index (χ1v) is 6.97. The smallest absolute Gasteiger partial charge is 0.0914 e. The highest BCUT2D eigenvalue weighted by Crippen LogP contribution is 2.34. The van der Waals surface area contributed by atoms with Crippen molar-refractivity contribution in [2.45, 2.75) is 39.7 Å². The number of hydrogen-bond acceptors (Lipinski definition) is 3. The summed E-state index contributed by atoms with van der Waals surface area (Å²) in [5.74, 6) is 0.390. The maximum absolute atomic E-state index is 10.2. The van der Waals surface area contributed by atoms with Crippen molar-refractivity contribution in [3.05, 3.63) is 21.9 Å². The van der Waals surface area contributed by atoms with E-state index in [1.165, 1.54) is 5.56 Å². The van der Waals surface area contributed by atoms with Crippen LogP contribution in [0.25, 0.3) is 0 Å². The van der Waals surface area contributed by atoms with Gasteiger partial charge in [0, 0.05) is 18.1 Å². The number of aliphatic hydroxyl groups is 1. The molecule has 1 unspecified atom stereocenters. The van der Waals surface area contributed by atoms with Gasteiger partial charge in [0.15, 0.2) is 0 Å². The van der Waals surface area contributed by atoms with Crippen molar-refractivity contribution in [2.75, 3.05) is 13.2 Å². The van der Waals surface area contributed by atoms with Crippen LogP contribution in [0.4, 0.5) is 0 Å². The molecule has 2 heterocycles. The lowest BCUT2D eigenvalue weighted by Gasteiger charge is -2.26. The molecule has 1 saturated heterocycles. The first-order valence-electron chi connectivity index (χ1n) is 6.09. The van der Waals surface area contributed by atoms with Crippen molar-refractivity contribution in [3.8, 4) is 0 Å². The molecule has 1 aromatic heterocycles. The van der Waals surface area contributed by atoms with Crippen molar-refractivity contribution in [3.63, 3.8) is 0 Å². The zero-order valence-corrected chi connectivity index (χ0v) is 11.2. The van der Waals surface area contributed by atoms with Gasteiger partial charge in [0.1, 0.15) is 0 Å². The predicted molar refractivity (Wildman–Crippen MR) is 68.9 cm³/mol. The van der Waals surface area contributed by atoms with Crippen LogP contribution in [0.3, 0.4) is 0 Å². The highest BCUT2D eigenvalue weighted by molar-refractivity contribution is 7.10. The van der Waals surface area contributed by atoms with Gasteiger partial charge in [-0.05, 0) is 42.7 Å². The normalized spacial score (nSPS) is 18.8. The fourth-order valence-electron chi connectivity index (χ4n) is 1.93. The van der Waals surface area contributed by atoms with Crippen LogP contribution in [-0.4, -0.2) is 18.3 Å². The molecule has 0 saturated carbocycles. The van der Waals surface area contributed by atoms with Crippen molar-refractivity contribution in [1.82, 2.24) is 0 Å². The van der Waals surface area contributed by atoms with E-state index in [1.54, 1.807) is 11.3 Å². The van der Waals surface area contributed by atoms with E-state index in [4.69, 9.17) is 4.74 Å². The zero-order chi connectivity index (χ0) is 12.0. The van der Waals surface area contributed by atoms with E-state index >= 15 is 0 Å². The minimum absolute atomic E-state index is 0.279. The topological polar surface area (TPSA) is 29.5 Å². The van der Waals surface area contributed by atoms with E-state index in [0.29, 0.717) is 5.92 Å². The second-order valence-electron chi connectivity index (χ2n) is 3.86. The Bertz CT molecular complexity index is 290. The van der Waals surface area contributed by atoms with Crippen LogP contribution in [0.15, 0.2) is 11.4 Å². The lowest BCUT2D eigenvalue weighted by atomic mass is 9.92. The summed E-state index contributed by atoms with van der Waals surface area (Å²) >= 11 is 1.66. The van der Waals surface area contributed by atoms with Gasteiger partial charge < -0.3 is 9.84 Å². The molecule has 16 heavy (non-hydrogen) atoms. The van der Waals surface area contributed by atoms with Gasteiger partial charge in [-0.3, -0.25) is 0 Å². The van der Waals surface area contributed by atoms with Crippen molar-refractivity contribution in [1.29, 1.82) is 0 Å². The molecule has 0 bridgehead atoms. The zero-order valence-electron chi connectivity index (χ0n) is 10.4. The molecular formula is C13H22O2S. The molecule has 3 heteroatoms. The Labute approximate surface area is 102 Å². The summed E-state index contributed by atoms with van der Waals surface area (Å²) in [6, 6.07) is 2.07. The molecule has 2 nitrogen and oxygen atoms in total. The minimum Gasteiger partial charge on any atom is -0.387 e. The molecule has 1 aliphatic rings. The van der Waals surface area contributed by atoms with Gasteiger partial charge in [0.25, 0.3) is 0 Å². The summed E-state index contributed by atoms with van der Waals surface area (Å²) in [4.78, 5) is 1.14. The quantitative estimate of drug-likeness (QED) is 0.859. The fraction of sp³-hybridized carbons (Fsp3) is 0.692. The Morgan fingerprint density at radius 1 is 1.38 bits per heavy atom. The van der Waals surface area contributed by atoms with Crippen molar-refractivity contribution in [2.24, 2.45) is 5.92 Å². The lowest BCUT2D eigenvalue weighted by molar-refractivity contribution is 0.00833. The minimum atomic E-state index is -0.279. The van der Waals surface area contributed by atoms with E-state index in [0.717, 1.165) is 30.9 Å². The van der Waals surface area contributed by atoms with E-state index in [9.17, 15) is 5.11 Å². The monoisotopic (exact) mass is 242 g/mol. The highest BCUT2D eigenvalue weighted by atomic mass is 32.1. The van der Waals surface area contributed by atoms with Gasteiger partial charge in [-0.2, -0.15) is 0 Å². The summed E-state index contributed by atoms with van der Waals surface area (Å²) in [6.07, 6.45) is 1.69. The Hall–Kier alpha value is -0.380. The summed E-state index contributed by atoms with van der Waals surface area (Å²) < 4.78 is 5.29.